The van der Waals surface area contributed by atoms with E-state index in [0.717, 1.165) is 31.8 Å². The minimum Gasteiger partial charge on any atom is -0.467 e. The lowest BCUT2D eigenvalue weighted by molar-refractivity contribution is 0.103. The molecule has 2 aromatic rings. The fourth-order valence-electron chi connectivity index (χ4n) is 2.38. The standard InChI is InChI=1S/C18H25NO2/c1-2-8-18(16-9-4-3-5-10-16)19-12-7-13-20-15-17-11-6-14-21-17/h3-6,9-11,14,18-19H,2,7-8,12-13,15H2,1H3. The number of benzene rings is 1. The number of nitrogens with one attached hydrogen (secondary N) is 1. The van der Waals surface area contributed by atoms with Crippen LogP contribution in [0.3, 0.4) is 0 Å². The predicted molar refractivity (Wildman–Crippen MR) is 85.1 cm³/mol. The van der Waals surface area contributed by atoms with Crippen molar-refractivity contribution in [1.82, 2.24) is 5.32 Å². The molecule has 0 aliphatic rings. The van der Waals surface area contributed by atoms with Crippen molar-refractivity contribution in [3.8, 4) is 0 Å². The van der Waals surface area contributed by atoms with Crippen LogP contribution in [0.1, 0.15) is 43.6 Å². The van der Waals surface area contributed by atoms with E-state index in [0.29, 0.717) is 12.6 Å². The Morgan fingerprint density at radius 2 is 2.00 bits per heavy atom. The summed E-state index contributed by atoms with van der Waals surface area (Å²) >= 11 is 0. The third-order valence-corrected chi connectivity index (χ3v) is 3.46. The van der Waals surface area contributed by atoms with Gasteiger partial charge in [-0.2, -0.15) is 0 Å². The lowest BCUT2D eigenvalue weighted by atomic mass is 10.0. The van der Waals surface area contributed by atoms with Crippen molar-refractivity contribution >= 4 is 0 Å². The molecule has 0 saturated heterocycles. The Labute approximate surface area is 127 Å². The van der Waals surface area contributed by atoms with Crippen LogP contribution in [0.15, 0.2) is 53.1 Å². The highest BCUT2D eigenvalue weighted by molar-refractivity contribution is 5.18. The fraction of sp³-hybridized carbons (Fsp3) is 0.444. The van der Waals surface area contributed by atoms with Crippen molar-refractivity contribution in [2.75, 3.05) is 13.2 Å². The van der Waals surface area contributed by atoms with E-state index in [2.05, 4.69) is 42.6 Å². The zero-order valence-electron chi connectivity index (χ0n) is 12.8. The highest BCUT2D eigenvalue weighted by Gasteiger charge is 2.08. The van der Waals surface area contributed by atoms with Gasteiger partial charge in [-0.3, -0.25) is 0 Å². The summed E-state index contributed by atoms with van der Waals surface area (Å²) in [6.45, 7) is 4.51. The largest absolute Gasteiger partial charge is 0.467 e. The Bertz CT molecular complexity index is 467. The summed E-state index contributed by atoms with van der Waals surface area (Å²) in [4.78, 5) is 0. The molecule has 21 heavy (non-hydrogen) atoms. The molecule has 3 nitrogen and oxygen atoms in total. The zero-order chi connectivity index (χ0) is 14.8. The number of ether oxygens (including phenoxy) is 1. The molecule has 0 spiro atoms. The summed E-state index contributed by atoms with van der Waals surface area (Å²) in [7, 11) is 0. The molecule has 0 fully saturated rings. The van der Waals surface area contributed by atoms with Gasteiger partial charge in [0.1, 0.15) is 12.4 Å². The average molecular weight is 287 g/mol. The van der Waals surface area contributed by atoms with Gasteiger partial charge in [0.05, 0.1) is 6.26 Å². The van der Waals surface area contributed by atoms with Crippen LogP contribution in [0, 0.1) is 0 Å². The second-order valence-corrected chi connectivity index (χ2v) is 5.19. The Morgan fingerprint density at radius 1 is 1.14 bits per heavy atom. The first-order chi connectivity index (χ1) is 10.4. The summed E-state index contributed by atoms with van der Waals surface area (Å²) in [6.07, 6.45) is 5.03. The topological polar surface area (TPSA) is 34.4 Å². The van der Waals surface area contributed by atoms with Crippen molar-refractivity contribution in [2.24, 2.45) is 0 Å². The van der Waals surface area contributed by atoms with E-state index >= 15 is 0 Å². The van der Waals surface area contributed by atoms with Crippen LogP contribution >= 0.6 is 0 Å². The third-order valence-electron chi connectivity index (χ3n) is 3.46. The molecule has 114 valence electrons. The van der Waals surface area contributed by atoms with Crippen molar-refractivity contribution < 1.29 is 9.15 Å². The Kier molecular flexibility index (Phi) is 7.05. The molecule has 0 aliphatic carbocycles. The summed E-state index contributed by atoms with van der Waals surface area (Å²) in [5, 5.41) is 3.63. The third kappa shape index (κ3) is 5.74. The molecule has 0 aliphatic heterocycles. The van der Waals surface area contributed by atoms with Crippen LogP contribution < -0.4 is 5.32 Å². The lowest BCUT2D eigenvalue weighted by Crippen LogP contribution is -2.23. The smallest absolute Gasteiger partial charge is 0.129 e. The molecule has 2 rings (SSSR count). The van der Waals surface area contributed by atoms with Crippen LogP contribution in [-0.4, -0.2) is 13.2 Å². The molecule has 0 bridgehead atoms. The van der Waals surface area contributed by atoms with Gasteiger partial charge in [-0.05, 0) is 37.1 Å². The number of hydrogen-bond acceptors (Lipinski definition) is 3. The highest BCUT2D eigenvalue weighted by Crippen LogP contribution is 2.17. The number of furan rings is 1. The maximum absolute atomic E-state index is 5.59. The molecule has 1 atom stereocenters. The molecular weight excluding hydrogens is 262 g/mol. The molecule has 1 unspecified atom stereocenters. The molecule has 1 aromatic heterocycles. The van der Waals surface area contributed by atoms with E-state index in [1.807, 2.05) is 12.1 Å². The lowest BCUT2D eigenvalue weighted by Gasteiger charge is -2.18. The maximum atomic E-state index is 5.59. The summed E-state index contributed by atoms with van der Waals surface area (Å²) in [6, 6.07) is 14.9. The fourth-order valence-corrected chi connectivity index (χ4v) is 2.38. The van der Waals surface area contributed by atoms with Crippen LogP contribution in [0.4, 0.5) is 0 Å². The van der Waals surface area contributed by atoms with Gasteiger partial charge in [-0.25, -0.2) is 0 Å². The normalized spacial score (nSPS) is 12.4. The van der Waals surface area contributed by atoms with Gasteiger partial charge in [0.15, 0.2) is 0 Å². The monoisotopic (exact) mass is 287 g/mol. The van der Waals surface area contributed by atoms with E-state index in [1.165, 1.54) is 12.0 Å². The van der Waals surface area contributed by atoms with Crippen molar-refractivity contribution in [3.05, 3.63) is 60.1 Å². The van der Waals surface area contributed by atoms with Crippen LogP contribution in [-0.2, 0) is 11.3 Å². The van der Waals surface area contributed by atoms with Gasteiger partial charge in [-0.15, -0.1) is 0 Å². The number of rotatable bonds is 10. The second-order valence-electron chi connectivity index (χ2n) is 5.19. The average Bonchev–Trinajstić information content (AvgIpc) is 3.04. The molecule has 0 radical (unpaired) electrons. The SMILES string of the molecule is CCCC(NCCCOCc1ccco1)c1ccccc1. The molecule has 1 N–H and O–H groups in total. The van der Waals surface area contributed by atoms with Crippen LogP contribution in [0.5, 0.6) is 0 Å². The minimum atomic E-state index is 0.446. The summed E-state index contributed by atoms with van der Waals surface area (Å²) in [5.41, 5.74) is 1.37. The van der Waals surface area contributed by atoms with Gasteiger partial charge in [0, 0.05) is 12.6 Å². The minimum absolute atomic E-state index is 0.446. The Balaban J connectivity index is 1.63. The van der Waals surface area contributed by atoms with Crippen LogP contribution in [0.2, 0.25) is 0 Å². The van der Waals surface area contributed by atoms with E-state index in [4.69, 9.17) is 9.15 Å². The van der Waals surface area contributed by atoms with E-state index < -0.39 is 0 Å². The first-order valence-corrected chi connectivity index (χ1v) is 7.78. The maximum Gasteiger partial charge on any atom is 0.129 e. The predicted octanol–water partition coefficient (Wildman–Crippen LogP) is 4.32. The van der Waals surface area contributed by atoms with E-state index in [-0.39, 0.29) is 0 Å². The molecule has 0 amide bonds. The van der Waals surface area contributed by atoms with E-state index in [9.17, 15) is 0 Å². The molecule has 3 heteroatoms. The Morgan fingerprint density at radius 3 is 2.71 bits per heavy atom. The van der Waals surface area contributed by atoms with Gasteiger partial charge in [-0.1, -0.05) is 43.7 Å². The van der Waals surface area contributed by atoms with Crippen molar-refractivity contribution in [3.63, 3.8) is 0 Å². The van der Waals surface area contributed by atoms with Crippen molar-refractivity contribution in [1.29, 1.82) is 0 Å². The molecular formula is C18H25NO2. The highest BCUT2D eigenvalue weighted by atomic mass is 16.5. The summed E-state index contributed by atoms with van der Waals surface area (Å²) in [5.74, 6) is 0.885. The van der Waals surface area contributed by atoms with Gasteiger partial charge < -0.3 is 14.5 Å². The quantitative estimate of drug-likeness (QED) is 0.661. The first kappa shape index (κ1) is 15.8. The number of hydrogen-bond donors (Lipinski definition) is 1. The van der Waals surface area contributed by atoms with Crippen LogP contribution in [0.25, 0.3) is 0 Å². The Hall–Kier alpha value is -1.58. The zero-order valence-corrected chi connectivity index (χ0v) is 12.8. The first-order valence-electron chi connectivity index (χ1n) is 7.78. The molecule has 0 saturated carbocycles. The second kappa shape index (κ2) is 9.37. The summed E-state index contributed by atoms with van der Waals surface area (Å²) < 4.78 is 10.8. The van der Waals surface area contributed by atoms with Gasteiger partial charge in [0.2, 0.25) is 0 Å². The van der Waals surface area contributed by atoms with Crippen molar-refractivity contribution in [2.45, 2.75) is 38.8 Å². The van der Waals surface area contributed by atoms with Gasteiger partial charge >= 0.3 is 0 Å². The van der Waals surface area contributed by atoms with E-state index in [1.54, 1.807) is 6.26 Å². The molecule has 1 heterocycles. The molecule has 1 aromatic carbocycles. The van der Waals surface area contributed by atoms with Gasteiger partial charge in [0.25, 0.3) is 0 Å².